The van der Waals surface area contributed by atoms with Gasteiger partial charge in [0.05, 0.1) is 19.4 Å². The van der Waals surface area contributed by atoms with Gasteiger partial charge in [0.1, 0.15) is 11.9 Å². The van der Waals surface area contributed by atoms with Crippen LogP contribution in [0, 0.1) is 5.82 Å². The number of halogens is 1. The number of ether oxygens (including phenoxy) is 2. The van der Waals surface area contributed by atoms with E-state index in [1.165, 1.54) is 31.0 Å². The molecule has 1 unspecified atom stereocenters. The molecule has 1 saturated heterocycles. The Morgan fingerprint density at radius 1 is 1.24 bits per heavy atom. The Morgan fingerprint density at radius 2 is 1.96 bits per heavy atom. The van der Waals surface area contributed by atoms with Crippen LogP contribution in [0.15, 0.2) is 41.3 Å². The maximum atomic E-state index is 12.9. The Kier molecular flexibility index (Phi) is 5.70. The zero-order chi connectivity index (χ0) is 17.6. The summed E-state index contributed by atoms with van der Waals surface area (Å²) in [6.07, 6.45) is 0.656. The van der Waals surface area contributed by atoms with Gasteiger partial charge < -0.3 is 14.4 Å². The molecule has 6 nitrogen and oxygen atoms in total. The quantitative estimate of drug-likeness (QED) is 0.735. The number of likely N-dealkylation sites (tertiary alicyclic amines) is 1. The lowest BCUT2D eigenvalue weighted by Crippen LogP contribution is -2.32. The standard InChI is InChI=1S/C17H18FN3O3S/c1-23-15-6-7-16(20-19-15)24-13-8-9-21(10-13)17(22)11-25-14-4-2-12(18)3-5-14/h2-7,13H,8-11H2,1H3. The number of amides is 1. The van der Waals surface area contributed by atoms with Gasteiger partial charge in [0.15, 0.2) is 0 Å². The van der Waals surface area contributed by atoms with Crippen LogP contribution in [0.25, 0.3) is 0 Å². The van der Waals surface area contributed by atoms with E-state index in [9.17, 15) is 9.18 Å². The molecule has 25 heavy (non-hydrogen) atoms. The molecule has 1 fully saturated rings. The molecule has 2 heterocycles. The Bertz CT molecular complexity index is 712. The van der Waals surface area contributed by atoms with Gasteiger partial charge in [0.2, 0.25) is 17.7 Å². The molecule has 0 radical (unpaired) electrons. The Hall–Kier alpha value is -2.35. The van der Waals surface area contributed by atoms with E-state index in [-0.39, 0.29) is 17.8 Å². The fourth-order valence-electron chi connectivity index (χ4n) is 2.47. The van der Waals surface area contributed by atoms with Gasteiger partial charge in [-0.1, -0.05) is 0 Å². The first-order valence-corrected chi connectivity index (χ1v) is 8.83. The first kappa shape index (κ1) is 17.5. The molecule has 0 saturated carbocycles. The van der Waals surface area contributed by atoms with E-state index >= 15 is 0 Å². The predicted octanol–water partition coefficient (Wildman–Crippen LogP) is 2.40. The molecular weight excluding hydrogens is 345 g/mol. The van der Waals surface area contributed by atoms with Crippen LogP contribution in [-0.2, 0) is 4.79 Å². The molecule has 132 valence electrons. The average molecular weight is 363 g/mol. The summed E-state index contributed by atoms with van der Waals surface area (Å²) >= 11 is 1.40. The van der Waals surface area contributed by atoms with Gasteiger partial charge in [-0.2, -0.15) is 0 Å². The Balaban J connectivity index is 1.46. The number of hydrogen-bond donors (Lipinski definition) is 0. The van der Waals surface area contributed by atoms with Crippen molar-refractivity contribution in [3.05, 3.63) is 42.2 Å². The molecule has 1 aromatic heterocycles. The van der Waals surface area contributed by atoms with Crippen molar-refractivity contribution in [1.82, 2.24) is 15.1 Å². The van der Waals surface area contributed by atoms with Crippen LogP contribution in [0.2, 0.25) is 0 Å². The molecule has 1 aliphatic rings. The van der Waals surface area contributed by atoms with Crippen LogP contribution in [0.4, 0.5) is 4.39 Å². The highest BCUT2D eigenvalue weighted by molar-refractivity contribution is 8.00. The molecule has 0 aliphatic carbocycles. The minimum atomic E-state index is -0.281. The van der Waals surface area contributed by atoms with Gasteiger partial charge in [-0.15, -0.1) is 22.0 Å². The summed E-state index contributed by atoms with van der Waals surface area (Å²) in [5.74, 6) is 0.924. The van der Waals surface area contributed by atoms with Crippen molar-refractivity contribution in [3.63, 3.8) is 0 Å². The Morgan fingerprint density at radius 3 is 2.64 bits per heavy atom. The molecule has 8 heteroatoms. The van der Waals surface area contributed by atoms with Crippen LogP contribution >= 0.6 is 11.8 Å². The number of methoxy groups -OCH3 is 1. The van der Waals surface area contributed by atoms with Crippen molar-refractivity contribution in [2.24, 2.45) is 0 Å². The highest BCUT2D eigenvalue weighted by Crippen LogP contribution is 2.21. The summed E-state index contributed by atoms with van der Waals surface area (Å²) in [6, 6.07) is 9.50. The highest BCUT2D eigenvalue weighted by Gasteiger charge is 2.27. The molecule has 1 aromatic carbocycles. The van der Waals surface area contributed by atoms with Gasteiger partial charge >= 0.3 is 0 Å². The van der Waals surface area contributed by atoms with Gasteiger partial charge in [0, 0.05) is 30.0 Å². The summed E-state index contributed by atoms with van der Waals surface area (Å²) in [5.41, 5.74) is 0. The molecular formula is C17H18FN3O3S. The topological polar surface area (TPSA) is 64.6 Å². The minimum Gasteiger partial charge on any atom is -0.480 e. The summed E-state index contributed by atoms with van der Waals surface area (Å²) in [5, 5.41) is 7.79. The van der Waals surface area contributed by atoms with Crippen molar-refractivity contribution in [3.8, 4) is 11.8 Å². The van der Waals surface area contributed by atoms with Crippen LogP contribution in [0.1, 0.15) is 6.42 Å². The molecule has 1 aliphatic heterocycles. The first-order chi connectivity index (χ1) is 12.1. The number of thioether (sulfide) groups is 1. The van der Waals surface area contributed by atoms with Crippen LogP contribution < -0.4 is 9.47 Å². The lowest BCUT2D eigenvalue weighted by Gasteiger charge is -2.16. The van der Waals surface area contributed by atoms with Gasteiger partial charge in [0.25, 0.3) is 0 Å². The third-order valence-electron chi connectivity index (χ3n) is 3.79. The molecule has 0 bridgehead atoms. The fraction of sp³-hybridized carbons (Fsp3) is 0.353. The smallest absolute Gasteiger partial charge is 0.233 e. The average Bonchev–Trinajstić information content (AvgIpc) is 3.10. The maximum Gasteiger partial charge on any atom is 0.233 e. The van der Waals surface area contributed by atoms with Crippen LogP contribution in [0.3, 0.4) is 0 Å². The van der Waals surface area contributed by atoms with E-state index in [0.29, 0.717) is 30.6 Å². The zero-order valence-electron chi connectivity index (χ0n) is 13.7. The van der Waals surface area contributed by atoms with Crippen molar-refractivity contribution in [2.45, 2.75) is 17.4 Å². The number of carbonyl (C=O) groups is 1. The number of carbonyl (C=O) groups excluding carboxylic acids is 1. The molecule has 0 spiro atoms. The SMILES string of the molecule is COc1ccc(OC2CCN(C(=O)CSc3ccc(F)cc3)C2)nn1. The lowest BCUT2D eigenvalue weighted by atomic mass is 10.3. The third kappa shape index (κ3) is 4.82. The molecule has 1 amide bonds. The highest BCUT2D eigenvalue weighted by atomic mass is 32.2. The second kappa shape index (κ2) is 8.15. The summed E-state index contributed by atoms with van der Waals surface area (Å²) < 4.78 is 23.6. The number of nitrogens with zero attached hydrogens (tertiary/aromatic N) is 3. The molecule has 2 aromatic rings. The number of rotatable bonds is 6. The van der Waals surface area contributed by atoms with E-state index < -0.39 is 0 Å². The maximum absolute atomic E-state index is 12.9. The van der Waals surface area contributed by atoms with E-state index in [2.05, 4.69) is 10.2 Å². The summed E-state index contributed by atoms with van der Waals surface area (Å²) in [6.45, 7) is 1.17. The fourth-order valence-corrected chi connectivity index (χ4v) is 3.27. The summed E-state index contributed by atoms with van der Waals surface area (Å²) in [7, 11) is 1.52. The van der Waals surface area contributed by atoms with Gasteiger partial charge in [-0.25, -0.2) is 4.39 Å². The van der Waals surface area contributed by atoms with E-state index in [4.69, 9.17) is 9.47 Å². The van der Waals surface area contributed by atoms with Crippen LogP contribution in [-0.4, -0.2) is 53.1 Å². The first-order valence-electron chi connectivity index (χ1n) is 7.84. The molecule has 3 rings (SSSR count). The van der Waals surface area contributed by atoms with Gasteiger partial charge in [-0.3, -0.25) is 4.79 Å². The third-order valence-corrected chi connectivity index (χ3v) is 4.78. The predicted molar refractivity (Wildman–Crippen MR) is 91.3 cm³/mol. The largest absolute Gasteiger partial charge is 0.480 e. The zero-order valence-corrected chi connectivity index (χ0v) is 14.5. The lowest BCUT2D eigenvalue weighted by molar-refractivity contribution is -0.127. The summed E-state index contributed by atoms with van der Waals surface area (Å²) in [4.78, 5) is 14.9. The number of benzene rings is 1. The molecule has 1 atom stereocenters. The molecule has 0 N–H and O–H groups in total. The Labute approximate surface area is 149 Å². The van der Waals surface area contributed by atoms with E-state index in [0.717, 1.165) is 11.3 Å². The minimum absolute atomic E-state index is 0.0428. The monoisotopic (exact) mass is 363 g/mol. The van der Waals surface area contributed by atoms with E-state index in [1.54, 1.807) is 29.2 Å². The van der Waals surface area contributed by atoms with Crippen LogP contribution in [0.5, 0.6) is 11.8 Å². The second-order valence-electron chi connectivity index (χ2n) is 5.52. The van der Waals surface area contributed by atoms with Crippen molar-refractivity contribution in [2.75, 3.05) is 26.0 Å². The number of aromatic nitrogens is 2. The van der Waals surface area contributed by atoms with Crippen molar-refractivity contribution < 1.29 is 18.7 Å². The van der Waals surface area contributed by atoms with Crippen molar-refractivity contribution in [1.29, 1.82) is 0 Å². The van der Waals surface area contributed by atoms with Crippen molar-refractivity contribution >= 4 is 17.7 Å². The normalized spacial score (nSPS) is 16.7. The van der Waals surface area contributed by atoms with Gasteiger partial charge in [-0.05, 0) is 24.3 Å². The van der Waals surface area contributed by atoms with E-state index in [1.807, 2.05) is 0 Å². The number of hydrogen-bond acceptors (Lipinski definition) is 6. The second-order valence-corrected chi connectivity index (χ2v) is 6.57.